The highest BCUT2D eigenvalue weighted by Crippen LogP contribution is 2.23. The maximum absolute atomic E-state index is 4.65. The highest BCUT2D eigenvalue weighted by Gasteiger charge is 2.17. The van der Waals surface area contributed by atoms with Gasteiger partial charge in [0, 0.05) is 18.3 Å². The largest absolute Gasteiger partial charge is 0.312 e. The van der Waals surface area contributed by atoms with E-state index in [1.807, 2.05) is 0 Å². The summed E-state index contributed by atoms with van der Waals surface area (Å²) in [6, 6.07) is 0.735. The van der Waals surface area contributed by atoms with Crippen molar-refractivity contribution >= 4 is 0 Å². The van der Waals surface area contributed by atoms with E-state index < -0.39 is 0 Å². The van der Waals surface area contributed by atoms with E-state index in [2.05, 4.69) is 42.8 Å². The molecule has 3 nitrogen and oxygen atoms in total. The van der Waals surface area contributed by atoms with E-state index >= 15 is 0 Å². The molecule has 1 heterocycles. The molecule has 1 fully saturated rings. The summed E-state index contributed by atoms with van der Waals surface area (Å²) >= 11 is 0. The molecule has 3 heteroatoms. The standard InChI is InChI=1S/C16H29N3/c1-5-16-13(3)18-19(14(16)4)11-10-17-15-8-6-12(2)7-9-15/h12,15,17H,5-11H2,1-4H3. The summed E-state index contributed by atoms with van der Waals surface area (Å²) in [6.07, 6.45) is 6.55. The fourth-order valence-corrected chi connectivity index (χ4v) is 3.30. The van der Waals surface area contributed by atoms with Gasteiger partial charge in [0.1, 0.15) is 0 Å². The zero-order chi connectivity index (χ0) is 13.8. The van der Waals surface area contributed by atoms with Crippen LogP contribution in [0.25, 0.3) is 0 Å². The molecule has 2 rings (SSSR count). The third kappa shape index (κ3) is 3.59. The van der Waals surface area contributed by atoms with E-state index in [0.29, 0.717) is 0 Å². The number of nitrogens with zero attached hydrogens (tertiary/aromatic N) is 2. The van der Waals surface area contributed by atoms with Crippen LogP contribution in [-0.2, 0) is 13.0 Å². The fourth-order valence-electron chi connectivity index (χ4n) is 3.30. The van der Waals surface area contributed by atoms with Crippen LogP contribution in [0.15, 0.2) is 0 Å². The van der Waals surface area contributed by atoms with Gasteiger partial charge in [0.05, 0.1) is 12.2 Å². The molecule has 0 radical (unpaired) electrons. The second kappa shape index (κ2) is 6.56. The summed E-state index contributed by atoms with van der Waals surface area (Å²) in [4.78, 5) is 0. The van der Waals surface area contributed by atoms with E-state index in [-0.39, 0.29) is 0 Å². The van der Waals surface area contributed by atoms with Crippen molar-refractivity contribution in [2.45, 2.75) is 72.4 Å². The molecule has 108 valence electrons. The van der Waals surface area contributed by atoms with Crippen molar-refractivity contribution in [3.05, 3.63) is 17.0 Å². The number of hydrogen-bond donors (Lipinski definition) is 1. The van der Waals surface area contributed by atoms with Crippen LogP contribution in [-0.4, -0.2) is 22.4 Å². The van der Waals surface area contributed by atoms with Gasteiger partial charge in [0.25, 0.3) is 0 Å². The molecular weight excluding hydrogens is 234 g/mol. The minimum atomic E-state index is 0.735. The average Bonchev–Trinajstić information content (AvgIpc) is 2.66. The SMILES string of the molecule is CCc1c(C)nn(CCNC2CCC(C)CC2)c1C. The summed E-state index contributed by atoms with van der Waals surface area (Å²) in [5, 5.41) is 8.36. The first-order chi connectivity index (χ1) is 9.11. The van der Waals surface area contributed by atoms with Crippen molar-refractivity contribution in [3.63, 3.8) is 0 Å². The Hall–Kier alpha value is -0.830. The highest BCUT2D eigenvalue weighted by molar-refractivity contribution is 5.24. The van der Waals surface area contributed by atoms with E-state index in [9.17, 15) is 0 Å². The molecular formula is C16H29N3. The van der Waals surface area contributed by atoms with Gasteiger partial charge in [-0.2, -0.15) is 5.10 Å². The second-order valence-electron chi connectivity index (χ2n) is 6.14. The molecule has 1 N–H and O–H groups in total. The van der Waals surface area contributed by atoms with Gasteiger partial charge in [-0.05, 0) is 57.4 Å². The molecule has 0 spiro atoms. The van der Waals surface area contributed by atoms with Crippen LogP contribution < -0.4 is 5.32 Å². The molecule has 1 aliphatic carbocycles. The third-order valence-electron chi connectivity index (χ3n) is 4.66. The normalized spacial score (nSPS) is 23.8. The Kier molecular flexibility index (Phi) is 5.03. The van der Waals surface area contributed by atoms with E-state index in [0.717, 1.165) is 31.5 Å². The Bertz CT molecular complexity index is 400. The first-order valence-electron chi connectivity index (χ1n) is 7.88. The van der Waals surface area contributed by atoms with Crippen LogP contribution >= 0.6 is 0 Å². The summed E-state index contributed by atoms with van der Waals surface area (Å²) in [5.74, 6) is 0.932. The lowest BCUT2D eigenvalue weighted by molar-refractivity contribution is 0.303. The Morgan fingerprint density at radius 2 is 1.89 bits per heavy atom. The molecule has 0 aromatic carbocycles. The lowest BCUT2D eigenvalue weighted by Crippen LogP contribution is -2.35. The van der Waals surface area contributed by atoms with Crippen LogP contribution in [0.3, 0.4) is 0 Å². The van der Waals surface area contributed by atoms with Gasteiger partial charge < -0.3 is 5.32 Å². The summed E-state index contributed by atoms with van der Waals surface area (Å²) in [7, 11) is 0. The lowest BCUT2D eigenvalue weighted by Gasteiger charge is -2.27. The Morgan fingerprint density at radius 3 is 2.47 bits per heavy atom. The van der Waals surface area contributed by atoms with Crippen molar-refractivity contribution in [2.24, 2.45) is 5.92 Å². The van der Waals surface area contributed by atoms with Gasteiger partial charge in [-0.25, -0.2) is 0 Å². The quantitative estimate of drug-likeness (QED) is 0.884. The number of nitrogens with one attached hydrogen (secondary N) is 1. The molecule has 1 aliphatic rings. The summed E-state index contributed by atoms with van der Waals surface area (Å²) < 4.78 is 2.17. The van der Waals surface area contributed by atoms with Crippen molar-refractivity contribution in [2.75, 3.05) is 6.54 Å². The fraction of sp³-hybridized carbons (Fsp3) is 0.812. The Morgan fingerprint density at radius 1 is 1.21 bits per heavy atom. The highest BCUT2D eigenvalue weighted by atomic mass is 15.3. The second-order valence-corrected chi connectivity index (χ2v) is 6.14. The number of aromatic nitrogens is 2. The monoisotopic (exact) mass is 263 g/mol. The zero-order valence-electron chi connectivity index (χ0n) is 13.0. The van der Waals surface area contributed by atoms with Crippen molar-refractivity contribution in [1.29, 1.82) is 0 Å². The molecule has 0 saturated heterocycles. The molecule has 0 atom stereocenters. The molecule has 1 aromatic rings. The molecule has 1 aromatic heterocycles. The average molecular weight is 263 g/mol. The predicted octanol–water partition coefficient (Wildman–Crippen LogP) is 3.23. The molecule has 0 bridgehead atoms. The smallest absolute Gasteiger partial charge is 0.0628 e. The maximum atomic E-state index is 4.65. The number of hydrogen-bond acceptors (Lipinski definition) is 2. The van der Waals surface area contributed by atoms with Crippen molar-refractivity contribution in [3.8, 4) is 0 Å². The maximum Gasteiger partial charge on any atom is 0.0628 e. The van der Waals surface area contributed by atoms with Crippen molar-refractivity contribution in [1.82, 2.24) is 15.1 Å². The van der Waals surface area contributed by atoms with E-state index in [1.54, 1.807) is 0 Å². The lowest BCUT2D eigenvalue weighted by atomic mass is 9.87. The molecule has 0 amide bonds. The van der Waals surface area contributed by atoms with Gasteiger partial charge in [-0.15, -0.1) is 0 Å². The van der Waals surface area contributed by atoms with Crippen LogP contribution in [0, 0.1) is 19.8 Å². The van der Waals surface area contributed by atoms with Gasteiger partial charge in [0.15, 0.2) is 0 Å². The third-order valence-corrected chi connectivity index (χ3v) is 4.66. The number of rotatable bonds is 5. The first kappa shape index (κ1) is 14.6. The van der Waals surface area contributed by atoms with Crippen LogP contribution in [0.4, 0.5) is 0 Å². The summed E-state index contributed by atoms with van der Waals surface area (Å²) in [6.45, 7) is 10.9. The van der Waals surface area contributed by atoms with Crippen LogP contribution in [0.5, 0.6) is 0 Å². The minimum Gasteiger partial charge on any atom is -0.312 e. The predicted molar refractivity (Wildman–Crippen MR) is 80.5 cm³/mol. The molecule has 0 aliphatic heterocycles. The first-order valence-corrected chi connectivity index (χ1v) is 7.88. The molecule has 19 heavy (non-hydrogen) atoms. The Labute approximate surface area is 117 Å². The molecule has 1 saturated carbocycles. The zero-order valence-corrected chi connectivity index (χ0v) is 13.0. The minimum absolute atomic E-state index is 0.735. The van der Waals surface area contributed by atoms with Gasteiger partial charge >= 0.3 is 0 Å². The summed E-state index contributed by atoms with van der Waals surface area (Å²) in [5.41, 5.74) is 3.97. The Balaban J connectivity index is 1.79. The van der Waals surface area contributed by atoms with Crippen molar-refractivity contribution < 1.29 is 0 Å². The number of aryl methyl sites for hydroxylation is 1. The van der Waals surface area contributed by atoms with Crippen LogP contribution in [0.1, 0.15) is 56.5 Å². The van der Waals surface area contributed by atoms with E-state index in [4.69, 9.17) is 0 Å². The molecule has 0 unspecified atom stereocenters. The topological polar surface area (TPSA) is 29.9 Å². The van der Waals surface area contributed by atoms with Gasteiger partial charge in [-0.1, -0.05) is 13.8 Å². The van der Waals surface area contributed by atoms with E-state index in [1.165, 1.54) is 42.6 Å². The van der Waals surface area contributed by atoms with Gasteiger partial charge in [0.2, 0.25) is 0 Å². The van der Waals surface area contributed by atoms with Crippen LogP contribution in [0.2, 0.25) is 0 Å². The van der Waals surface area contributed by atoms with Gasteiger partial charge in [-0.3, -0.25) is 4.68 Å².